The molecule has 1 aromatic carbocycles. The molecule has 2 aromatic heterocycles. The molecule has 1 fully saturated rings. The number of nitrogens with zero attached hydrogens (tertiary/aromatic N) is 6. The number of hydrogen-bond donors (Lipinski definition) is 0. The van der Waals surface area contributed by atoms with Crippen LogP contribution in [0.2, 0.25) is 0 Å². The van der Waals surface area contributed by atoms with E-state index in [2.05, 4.69) is 29.6 Å². The van der Waals surface area contributed by atoms with Crippen LogP contribution in [0.3, 0.4) is 0 Å². The van der Waals surface area contributed by atoms with Gasteiger partial charge in [-0.3, -0.25) is 4.98 Å². The van der Waals surface area contributed by atoms with Crippen molar-refractivity contribution in [3.05, 3.63) is 60.4 Å². The van der Waals surface area contributed by atoms with Gasteiger partial charge in [0, 0.05) is 31.9 Å². The Kier molecular flexibility index (Phi) is 5.92. The first-order valence-corrected chi connectivity index (χ1v) is 9.65. The lowest BCUT2D eigenvalue weighted by molar-refractivity contribution is -0.153. The van der Waals surface area contributed by atoms with Crippen LogP contribution in [0.1, 0.15) is 5.69 Å². The third kappa shape index (κ3) is 5.62. The molecule has 0 aliphatic carbocycles. The first kappa shape index (κ1) is 20.9. The zero-order valence-electron chi connectivity index (χ0n) is 16.5. The van der Waals surface area contributed by atoms with Gasteiger partial charge in [0.2, 0.25) is 5.95 Å². The average Bonchev–Trinajstić information content (AvgIpc) is 3.22. The van der Waals surface area contributed by atoms with Gasteiger partial charge < -0.3 is 14.5 Å². The molecule has 0 atom stereocenters. The molecular formula is C20H20F4N6O. The van der Waals surface area contributed by atoms with E-state index in [1.165, 1.54) is 24.4 Å². The highest BCUT2D eigenvalue weighted by Crippen LogP contribution is 2.20. The maximum absolute atomic E-state index is 13.1. The fourth-order valence-corrected chi connectivity index (χ4v) is 3.24. The van der Waals surface area contributed by atoms with Crippen molar-refractivity contribution in [1.82, 2.24) is 19.7 Å². The van der Waals surface area contributed by atoms with Gasteiger partial charge in [-0.25, -0.2) is 14.1 Å². The second-order valence-corrected chi connectivity index (χ2v) is 7.08. The molecule has 31 heavy (non-hydrogen) atoms. The largest absolute Gasteiger partial charge is 0.483 e. The molecule has 0 unspecified atom stereocenters. The van der Waals surface area contributed by atoms with Gasteiger partial charge in [-0.05, 0) is 36.4 Å². The van der Waals surface area contributed by atoms with E-state index in [1.54, 1.807) is 29.2 Å². The first-order chi connectivity index (χ1) is 14.9. The average molecular weight is 436 g/mol. The van der Waals surface area contributed by atoms with E-state index in [1.807, 2.05) is 0 Å². The third-order valence-corrected chi connectivity index (χ3v) is 4.80. The van der Waals surface area contributed by atoms with Gasteiger partial charge in [0.1, 0.15) is 17.9 Å². The monoisotopic (exact) mass is 436 g/mol. The Morgan fingerprint density at radius 3 is 2.26 bits per heavy atom. The summed E-state index contributed by atoms with van der Waals surface area (Å²) < 4.78 is 56.0. The topological polar surface area (TPSA) is 59.3 Å². The molecule has 4 rings (SSSR count). The minimum absolute atomic E-state index is 0.0550. The normalized spacial score (nSPS) is 14.7. The lowest BCUT2D eigenvalue weighted by Gasteiger charge is -2.35. The quantitative estimate of drug-likeness (QED) is 0.554. The predicted molar refractivity (Wildman–Crippen MR) is 106 cm³/mol. The highest BCUT2D eigenvalue weighted by molar-refractivity contribution is 5.48. The van der Waals surface area contributed by atoms with E-state index in [-0.39, 0.29) is 11.6 Å². The molecule has 0 saturated carbocycles. The van der Waals surface area contributed by atoms with Crippen LogP contribution in [-0.2, 0) is 6.54 Å². The number of anilines is 2. The zero-order chi connectivity index (χ0) is 21.8. The summed E-state index contributed by atoms with van der Waals surface area (Å²) in [5.41, 5.74) is 1.60. The molecule has 7 nitrogen and oxygen atoms in total. The van der Waals surface area contributed by atoms with Gasteiger partial charge in [-0.15, -0.1) is 5.10 Å². The number of alkyl halides is 3. The van der Waals surface area contributed by atoms with Crippen LogP contribution < -0.4 is 14.5 Å². The smallest absolute Gasteiger partial charge is 0.422 e. The molecule has 0 bridgehead atoms. The lowest BCUT2D eigenvalue weighted by Crippen LogP contribution is -2.47. The van der Waals surface area contributed by atoms with Crippen LogP contribution in [0.5, 0.6) is 5.75 Å². The number of hydrogen-bond acceptors (Lipinski definition) is 6. The van der Waals surface area contributed by atoms with E-state index in [4.69, 9.17) is 0 Å². The fourth-order valence-electron chi connectivity index (χ4n) is 3.24. The molecule has 0 amide bonds. The number of halogens is 4. The van der Waals surface area contributed by atoms with Crippen LogP contribution >= 0.6 is 0 Å². The minimum Gasteiger partial charge on any atom is -0.483 e. The van der Waals surface area contributed by atoms with Crippen LogP contribution in [0.25, 0.3) is 0 Å². The molecule has 1 aliphatic rings. The number of pyridine rings is 1. The van der Waals surface area contributed by atoms with E-state index in [0.29, 0.717) is 18.2 Å². The summed E-state index contributed by atoms with van der Waals surface area (Å²) in [6, 6.07) is 9.48. The van der Waals surface area contributed by atoms with Gasteiger partial charge in [-0.1, -0.05) is 0 Å². The van der Waals surface area contributed by atoms with Crippen molar-refractivity contribution >= 4 is 11.6 Å². The van der Waals surface area contributed by atoms with E-state index in [0.717, 1.165) is 31.9 Å². The summed E-state index contributed by atoms with van der Waals surface area (Å²) in [5.74, 6) is 0.401. The number of aromatic nitrogens is 4. The molecule has 0 spiro atoms. The van der Waals surface area contributed by atoms with Crippen molar-refractivity contribution in [3.63, 3.8) is 0 Å². The Balaban J connectivity index is 1.30. The summed E-state index contributed by atoms with van der Waals surface area (Å²) in [6.45, 7) is 1.97. The summed E-state index contributed by atoms with van der Waals surface area (Å²) in [6.07, 6.45) is -1.54. The van der Waals surface area contributed by atoms with Crippen LogP contribution in [0, 0.1) is 5.82 Å². The van der Waals surface area contributed by atoms with Gasteiger partial charge in [-0.2, -0.15) is 13.2 Å². The predicted octanol–water partition coefficient (Wildman–Crippen LogP) is 3.13. The first-order valence-electron chi connectivity index (χ1n) is 9.65. The molecule has 11 heteroatoms. The second-order valence-electron chi connectivity index (χ2n) is 7.08. The zero-order valence-corrected chi connectivity index (χ0v) is 16.5. The molecule has 0 radical (unpaired) electrons. The molecule has 1 aliphatic heterocycles. The van der Waals surface area contributed by atoms with Crippen LogP contribution in [-0.4, -0.2) is 58.7 Å². The van der Waals surface area contributed by atoms with Gasteiger partial charge in [0.05, 0.1) is 18.4 Å². The summed E-state index contributed by atoms with van der Waals surface area (Å²) in [4.78, 5) is 12.7. The SMILES string of the molecule is Fc1ccc(N2CCN(c3ncn(Cc4ccc(OCC(F)(F)F)cn4)n3)CC2)cc1. The Hall–Kier alpha value is -3.37. The van der Waals surface area contributed by atoms with Crippen molar-refractivity contribution in [2.24, 2.45) is 0 Å². The van der Waals surface area contributed by atoms with Crippen molar-refractivity contribution in [2.45, 2.75) is 12.7 Å². The van der Waals surface area contributed by atoms with Crippen molar-refractivity contribution in [2.75, 3.05) is 42.6 Å². The molecular weight excluding hydrogens is 416 g/mol. The molecule has 164 valence electrons. The van der Waals surface area contributed by atoms with Gasteiger partial charge in [0.25, 0.3) is 0 Å². The third-order valence-electron chi connectivity index (χ3n) is 4.80. The molecule has 0 N–H and O–H groups in total. The van der Waals surface area contributed by atoms with Crippen LogP contribution in [0.15, 0.2) is 48.9 Å². The highest BCUT2D eigenvalue weighted by Gasteiger charge is 2.28. The summed E-state index contributed by atoms with van der Waals surface area (Å²) in [7, 11) is 0. The van der Waals surface area contributed by atoms with Crippen molar-refractivity contribution in [3.8, 4) is 5.75 Å². The number of rotatable bonds is 6. The minimum atomic E-state index is -4.39. The number of piperazine rings is 1. The maximum atomic E-state index is 13.1. The standard InChI is InChI=1S/C20H20F4N6O/c21-15-1-4-17(5-2-15)28-7-9-29(10-8-28)19-26-14-30(27-19)12-16-3-6-18(11-25-16)31-13-20(22,23)24/h1-6,11,14H,7-10,12-13H2. The Bertz CT molecular complexity index is 982. The van der Waals surface area contributed by atoms with Gasteiger partial charge >= 0.3 is 6.18 Å². The molecule has 1 saturated heterocycles. The fraction of sp³-hybridized carbons (Fsp3) is 0.350. The number of benzene rings is 1. The Morgan fingerprint density at radius 1 is 0.903 bits per heavy atom. The Morgan fingerprint density at radius 2 is 1.61 bits per heavy atom. The van der Waals surface area contributed by atoms with Crippen molar-refractivity contribution in [1.29, 1.82) is 0 Å². The lowest BCUT2D eigenvalue weighted by atomic mass is 10.2. The summed E-state index contributed by atoms with van der Waals surface area (Å²) in [5, 5.41) is 4.47. The molecule has 3 aromatic rings. The van der Waals surface area contributed by atoms with E-state index >= 15 is 0 Å². The van der Waals surface area contributed by atoms with E-state index in [9.17, 15) is 17.6 Å². The highest BCUT2D eigenvalue weighted by atomic mass is 19.4. The van der Waals surface area contributed by atoms with Crippen LogP contribution in [0.4, 0.5) is 29.2 Å². The van der Waals surface area contributed by atoms with Crippen molar-refractivity contribution < 1.29 is 22.3 Å². The molecule has 3 heterocycles. The van der Waals surface area contributed by atoms with E-state index < -0.39 is 12.8 Å². The maximum Gasteiger partial charge on any atom is 0.422 e. The van der Waals surface area contributed by atoms with Gasteiger partial charge in [0.15, 0.2) is 6.61 Å². The Labute approximate surface area is 175 Å². The summed E-state index contributed by atoms with van der Waals surface area (Å²) >= 11 is 0. The number of ether oxygens (including phenoxy) is 1. The second kappa shape index (κ2) is 8.78.